The topological polar surface area (TPSA) is 26.3 Å². The summed E-state index contributed by atoms with van der Waals surface area (Å²) in [6, 6.07) is 65.8. The van der Waals surface area contributed by atoms with Crippen molar-refractivity contribution in [2.24, 2.45) is 0 Å². The highest BCUT2D eigenvalue weighted by Crippen LogP contribution is 2.46. The highest BCUT2D eigenvalue weighted by atomic mass is 16.3. The van der Waals surface area contributed by atoms with Crippen molar-refractivity contribution in [1.82, 2.24) is 0 Å². The van der Waals surface area contributed by atoms with Crippen molar-refractivity contribution in [2.75, 3.05) is 0 Å². The summed E-state index contributed by atoms with van der Waals surface area (Å²) in [5, 5.41) is 14.3. The minimum atomic E-state index is 0.867. The Balaban J connectivity index is 1.09. The SMILES string of the molecule is c1ccc2c(-c3ccc4ccc(-c5c6ccccc6c(-c6ccc7oc8ccc9oc%10ccccc%10c9c8c7c6)c6ccccc56)cc4c3)cccc2c1. The maximum absolute atomic E-state index is 6.47. The van der Waals surface area contributed by atoms with Crippen LogP contribution in [0.1, 0.15) is 0 Å². The Morgan fingerprint density at radius 1 is 0.259 bits per heavy atom. The van der Waals surface area contributed by atoms with E-state index in [1.807, 2.05) is 24.3 Å². The van der Waals surface area contributed by atoms with Crippen LogP contribution in [0.5, 0.6) is 0 Å². The van der Waals surface area contributed by atoms with Crippen LogP contribution < -0.4 is 0 Å². The van der Waals surface area contributed by atoms with Gasteiger partial charge in [0.25, 0.3) is 0 Å². The molecule has 0 saturated carbocycles. The lowest BCUT2D eigenvalue weighted by atomic mass is 9.85. The normalized spacial score (nSPS) is 12.1. The van der Waals surface area contributed by atoms with Gasteiger partial charge in [-0.25, -0.2) is 0 Å². The first kappa shape index (κ1) is 29.4. The molecule has 12 aromatic rings. The second kappa shape index (κ2) is 11.2. The minimum absolute atomic E-state index is 0.867. The largest absolute Gasteiger partial charge is 0.456 e. The molecule has 0 saturated heterocycles. The molecular formula is C52H30O2. The van der Waals surface area contributed by atoms with E-state index in [-0.39, 0.29) is 0 Å². The van der Waals surface area contributed by atoms with Crippen LogP contribution >= 0.6 is 0 Å². The predicted molar refractivity (Wildman–Crippen MR) is 227 cm³/mol. The molecule has 0 unspecified atom stereocenters. The van der Waals surface area contributed by atoms with E-state index in [1.165, 1.54) is 70.9 Å². The lowest BCUT2D eigenvalue weighted by Gasteiger charge is -2.18. The summed E-state index contributed by atoms with van der Waals surface area (Å²) in [5.74, 6) is 0. The summed E-state index contributed by atoms with van der Waals surface area (Å²) < 4.78 is 12.8. The molecule has 0 aliphatic heterocycles. The van der Waals surface area contributed by atoms with Crippen LogP contribution in [0.15, 0.2) is 191 Å². The second-order valence-electron chi connectivity index (χ2n) is 14.4. The van der Waals surface area contributed by atoms with Crippen molar-refractivity contribution in [3.05, 3.63) is 182 Å². The zero-order valence-corrected chi connectivity index (χ0v) is 29.1. The fraction of sp³-hybridized carbons (Fsp3) is 0. The third-order valence-electron chi connectivity index (χ3n) is 11.4. The molecule has 0 bridgehead atoms. The summed E-state index contributed by atoms with van der Waals surface area (Å²) >= 11 is 0. The lowest BCUT2D eigenvalue weighted by molar-refractivity contribution is 0.663. The zero-order chi connectivity index (χ0) is 35.3. The van der Waals surface area contributed by atoms with Gasteiger partial charge in [0.2, 0.25) is 0 Å². The standard InChI is InChI=1S/C52H30O2/c1-2-12-37-32(10-1)11-9-18-38(37)33-22-20-31-21-23-34(29-36(31)28-33)49-39-13-3-5-15-41(39)50(42-16-6-4-14-40(42)49)35-24-25-46-44(30-35)52-48(54-46)27-26-47-51(52)43-17-7-8-19-45(43)53-47/h1-30H. The van der Waals surface area contributed by atoms with Crippen LogP contribution in [-0.4, -0.2) is 0 Å². The summed E-state index contributed by atoms with van der Waals surface area (Å²) in [4.78, 5) is 0. The maximum atomic E-state index is 6.47. The number of para-hydroxylation sites is 1. The van der Waals surface area contributed by atoms with E-state index < -0.39 is 0 Å². The van der Waals surface area contributed by atoms with E-state index in [0.717, 1.165) is 49.4 Å². The zero-order valence-electron chi connectivity index (χ0n) is 29.1. The molecular weight excluding hydrogens is 657 g/mol. The molecule has 0 aliphatic rings. The molecule has 54 heavy (non-hydrogen) atoms. The van der Waals surface area contributed by atoms with Gasteiger partial charge in [0.1, 0.15) is 22.3 Å². The third kappa shape index (κ3) is 4.22. The van der Waals surface area contributed by atoms with Crippen molar-refractivity contribution < 1.29 is 8.83 Å². The molecule has 12 rings (SSSR count). The second-order valence-corrected chi connectivity index (χ2v) is 14.4. The first-order valence-electron chi connectivity index (χ1n) is 18.5. The van der Waals surface area contributed by atoms with Crippen molar-refractivity contribution in [2.45, 2.75) is 0 Å². The highest BCUT2D eigenvalue weighted by molar-refractivity contribution is 6.27. The Hall–Kier alpha value is -7.16. The lowest BCUT2D eigenvalue weighted by Crippen LogP contribution is -1.91. The fourth-order valence-corrected chi connectivity index (χ4v) is 9.04. The molecule has 0 radical (unpaired) electrons. The molecule has 0 fully saturated rings. The van der Waals surface area contributed by atoms with Crippen LogP contribution in [-0.2, 0) is 0 Å². The molecule has 0 spiro atoms. The maximum Gasteiger partial charge on any atom is 0.136 e. The van der Waals surface area contributed by atoms with Crippen LogP contribution in [0, 0.1) is 0 Å². The summed E-state index contributed by atoms with van der Waals surface area (Å²) in [6.45, 7) is 0. The van der Waals surface area contributed by atoms with Gasteiger partial charge in [-0.2, -0.15) is 0 Å². The van der Waals surface area contributed by atoms with Gasteiger partial charge in [-0.15, -0.1) is 0 Å². The Labute approximate surface area is 310 Å². The smallest absolute Gasteiger partial charge is 0.136 e. The molecule has 2 aromatic heterocycles. The molecule has 2 heterocycles. The van der Waals surface area contributed by atoms with Crippen molar-refractivity contribution in [3.63, 3.8) is 0 Å². The summed E-state index contributed by atoms with van der Waals surface area (Å²) in [5.41, 5.74) is 10.8. The Morgan fingerprint density at radius 2 is 0.741 bits per heavy atom. The van der Waals surface area contributed by atoms with E-state index in [9.17, 15) is 0 Å². The summed E-state index contributed by atoms with van der Waals surface area (Å²) in [6.07, 6.45) is 0. The van der Waals surface area contributed by atoms with Crippen LogP contribution in [0.25, 0.3) is 120 Å². The average molecular weight is 687 g/mol. The van der Waals surface area contributed by atoms with E-state index in [1.54, 1.807) is 0 Å². The molecule has 0 N–H and O–H groups in total. The number of rotatable bonds is 3. The molecule has 0 aliphatic carbocycles. The predicted octanol–water partition coefficient (Wildman–Crippen LogP) is 15.1. The number of benzene rings is 10. The first-order chi connectivity index (χ1) is 26.8. The van der Waals surface area contributed by atoms with Gasteiger partial charge in [0.15, 0.2) is 0 Å². The van der Waals surface area contributed by atoms with E-state index in [0.29, 0.717) is 0 Å². The van der Waals surface area contributed by atoms with Crippen molar-refractivity contribution in [3.8, 4) is 33.4 Å². The number of hydrogen-bond acceptors (Lipinski definition) is 2. The van der Waals surface area contributed by atoms with Gasteiger partial charge >= 0.3 is 0 Å². The quantitative estimate of drug-likeness (QED) is 0.173. The average Bonchev–Trinajstić information content (AvgIpc) is 3.80. The highest BCUT2D eigenvalue weighted by Gasteiger charge is 2.20. The monoisotopic (exact) mass is 686 g/mol. The minimum Gasteiger partial charge on any atom is -0.456 e. The summed E-state index contributed by atoms with van der Waals surface area (Å²) in [7, 11) is 0. The molecule has 2 heteroatoms. The van der Waals surface area contributed by atoms with E-state index in [4.69, 9.17) is 8.83 Å². The third-order valence-corrected chi connectivity index (χ3v) is 11.4. The molecule has 0 amide bonds. The molecule has 250 valence electrons. The van der Waals surface area contributed by atoms with Crippen molar-refractivity contribution >= 4 is 87.0 Å². The Bertz CT molecular complexity index is 3440. The molecule has 2 nitrogen and oxygen atoms in total. The molecule has 10 aromatic carbocycles. The van der Waals surface area contributed by atoms with Crippen LogP contribution in [0.3, 0.4) is 0 Å². The van der Waals surface area contributed by atoms with Crippen molar-refractivity contribution in [1.29, 1.82) is 0 Å². The van der Waals surface area contributed by atoms with E-state index in [2.05, 4.69) is 158 Å². The molecule has 0 atom stereocenters. The first-order valence-corrected chi connectivity index (χ1v) is 18.5. The van der Waals surface area contributed by atoms with Gasteiger partial charge < -0.3 is 8.83 Å². The number of fused-ring (bicyclic) bond motifs is 11. The number of furan rings is 2. The van der Waals surface area contributed by atoms with Crippen LogP contribution in [0.4, 0.5) is 0 Å². The van der Waals surface area contributed by atoms with Gasteiger partial charge in [-0.1, -0.05) is 140 Å². The van der Waals surface area contributed by atoms with Gasteiger partial charge in [0.05, 0.1) is 0 Å². The van der Waals surface area contributed by atoms with Gasteiger partial charge in [-0.05, 0) is 119 Å². The van der Waals surface area contributed by atoms with Crippen LogP contribution in [0.2, 0.25) is 0 Å². The fourth-order valence-electron chi connectivity index (χ4n) is 9.04. The van der Waals surface area contributed by atoms with Gasteiger partial charge in [0, 0.05) is 21.5 Å². The number of hydrogen-bond donors (Lipinski definition) is 0. The van der Waals surface area contributed by atoms with Gasteiger partial charge in [-0.3, -0.25) is 0 Å². The van der Waals surface area contributed by atoms with E-state index >= 15 is 0 Å². The Morgan fingerprint density at radius 3 is 1.44 bits per heavy atom. The Kier molecular flexibility index (Phi) is 6.09.